The van der Waals surface area contributed by atoms with Crippen molar-refractivity contribution in [2.24, 2.45) is 0 Å². The summed E-state index contributed by atoms with van der Waals surface area (Å²) in [6, 6.07) is 3.90. The summed E-state index contributed by atoms with van der Waals surface area (Å²) in [7, 11) is -3.13. The zero-order valence-corrected chi connectivity index (χ0v) is 12.7. The van der Waals surface area contributed by atoms with Crippen LogP contribution in [0.4, 0.5) is 4.39 Å². The zero-order chi connectivity index (χ0) is 15.7. The fourth-order valence-corrected chi connectivity index (χ4v) is 2.79. The Kier molecular flexibility index (Phi) is 7.20. The molecule has 0 atom stereocenters. The van der Waals surface area contributed by atoms with Crippen molar-refractivity contribution in [1.29, 1.82) is 0 Å². The summed E-state index contributed by atoms with van der Waals surface area (Å²) in [6.45, 7) is 1.69. The average molecular weight is 314 g/mol. The van der Waals surface area contributed by atoms with E-state index in [-0.39, 0.29) is 30.5 Å². The topological polar surface area (TPSA) is 63.6 Å². The Bertz CT molecular complexity index is 614. The summed E-state index contributed by atoms with van der Waals surface area (Å²) >= 11 is 0. The molecule has 0 aliphatic carbocycles. The molecule has 21 heavy (non-hydrogen) atoms. The molecule has 116 valence electrons. The fraction of sp³-hybridized carbons (Fsp3) is 0.467. The number of halogens is 1. The third-order valence-corrected chi connectivity index (χ3v) is 4.39. The quantitative estimate of drug-likeness (QED) is 0.779. The highest BCUT2D eigenvalue weighted by Gasteiger charge is 2.10. The van der Waals surface area contributed by atoms with Gasteiger partial charge in [0.15, 0.2) is 9.84 Å². The van der Waals surface area contributed by atoms with Crippen LogP contribution >= 0.6 is 0 Å². The minimum atomic E-state index is -3.13. The van der Waals surface area contributed by atoms with Crippen LogP contribution in [0.3, 0.4) is 0 Å². The maximum Gasteiger partial charge on any atom is 0.153 e. The summed E-state index contributed by atoms with van der Waals surface area (Å²) in [5.41, 5.74) is 0.470. The molecule has 1 aromatic rings. The van der Waals surface area contributed by atoms with E-state index in [2.05, 4.69) is 11.8 Å². The largest absolute Gasteiger partial charge is 0.491 e. The van der Waals surface area contributed by atoms with E-state index in [0.717, 1.165) is 0 Å². The molecule has 6 heteroatoms. The monoisotopic (exact) mass is 314 g/mol. The van der Waals surface area contributed by atoms with Crippen LogP contribution in [0.5, 0.6) is 5.75 Å². The third-order valence-electron chi connectivity index (χ3n) is 2.57. The van der Waals surface area contributed by atoms with Gasteiger partial charge in [0.2, 0.25) is 0 Å². The molecular formula is C15H19FO4S. The molecule has 1 N–H and O–H groups in total. The van der Waals surface area contributed by atoms with Crippen molar-refractivity contribution < 1.29 is 22.7 Å². The first-order chi connectivity index (χ1) is 9.98. The number of ether oxygens (including phenoxy) is 1. The average Bonchev–Trinajstić information content (AvgIpc) is 2.41. The first kappa shape index (κ1) is 17.5. The number of hydrogen-bond donors (Lipinski definition) is 1. The number of hydrogen-bond acceptors (Lipinski definition) is 4. The third kappa shape index (κ3) is 6.61. The molecule has 0 unspecified atom stereocenters. The molecule has 0 heterocycles. The molecule has 0 saturated carbocycles. The second-order valence-electron chi connectivity index (χ2n) is 4.42. The SMILES string of the molecule is CCCS(=O)(=O)CCOc1cc(F)ccc1C#CCCO. The Hall–Kier alpha value is -1.58. The first-order valence-electron chi connectivity index (χ1n) is 6.71. The van der Waals surface area contributed by atoms with Gasteiger partial charge in [0.25, 0.3) is 0 Å². The standard InChI is InChI=1S/C15H19FO4S/c1-2-10-21(18,19)11-9-20-15-12-14(16)7-6-13(15)5-3-4-8-17/h6-7,12,17H,2,4,8-11H2,1H3. The number of aliphatic hydroxyl groups is 1. The van der Waals surface area contributed by atoms with Gasteiger partial charge in [-0.2, -0.15) is 0 Å². The molecular weight excluding hydrogens is 295 g/mol. The van der Waals surface area contributed by atoms with E-state index >= 15 is 0 Å². The lowest BCUT2D eigenvalue weighted by Gasteiger charge is -2.08. The van der Waals surface area contributed by atoms with Gasteiger partial charge in [-0.1, -0.05) is 18.8 Å². The van der Waals surface area contributed by atoms with E-state index in [4.69, 9.17) is 9.84 Å². The van der Waals surface area contributed by atoms with Gasteiger partial charge in [0.1, 0.15) is 18.2 Å². The van der Waals surface area contributed by atoms with Crippen molar-refractivity contribution in [3.8, 4) is 17.6 Å². The van der Waals surface area contributed by atoms with Crippen molar-refractivity contribution in [3.05, 3.63) is 29.6 Å². The minimum absolute atomic E-state index is 0.0412. The van der Waals surface area contributed by atoms with Crippen molar-refractivity contribution in [2.75, 3.05) is 24.7 Å². The van der Waals surface area contributed by atoms with Crippen LogP contribution in [0, 0.1) is 17.7 Å². The smallest absolute Gasteiger partial charge is 0.153 e. The second kappa shape index (κ2) is 8.65. The predicted molar refractivity (Wildman–Crippen MR) is 79.4 cm³/mol. The van der Waals surface area contributed by atoms with Crippen LogP contribution in [-0.4, -0.2) is 38.2 Å². The van der Waals surface area contributed by atoms with Crippen LogP contribution in [-0.2, 0) is 9.84 Å². The Labute approximate surface area is 124 Å². The fourth-order valence-electron chi connectivity index (χ4n) is 1.62. The maximum absolute atomic E-state index is 13.2. The minimum Gasteiger partial charge on any atom is -0.491 e. The molecule has 0 saturated heterocycles. The van der Waals surface area contributed by atoms with Gasteiger partial charge in [-0.05, 0) is 18.6 Å². The molecule has 1 rings (SSSR count). The highest BCUT2D eigenvalue weighted by atomic mass is 32.2. The highest BCUT2D eigenvalue weighted by molar-refractivity contribution is 7.91. The van der Waals surface area contributed by atoms with Gasteiger partial charge in [0.05, 0.1) is 23.7 Å². The van der Waals surface area contributed by atoms with E-state index < -0.39 is 15.7 Å². The van der Waals surface area contributed by atoms with Crippen LogP contribution in [0.25, 0.3) is 0 Å². The number of aliphatic hydroxyl groups excluding tert-OH is 1. The van der Waals surface area contributed by atoms with E-state index in [1.807, 2.05) is 0 Å². The Balaban J connectivity index is 2.74. The summed E-state index contributed by atoms with van der Waals surface area (Å²) in [4.78, 5) is 0. The van der Waals surface area contributed by atoms with E-state index in [9.17, 15) is 12.8 Å². The van der Waals surface area contributed by atoms with Crippen LogP contribution in [0.2, 0.25) is 0 Å². The lowest BCUT2D eigenvalue weighted by atomic mass is 10.2. The Morgan fingerprint density at radius 1 is 1.33 bits per heavy atom. The summed E-state index contributed by atoms with van der Waals surface area (Å²) in [5, 5.41) is 8.68. The number of rotatable bonds is 7. The summed E-state index contributed by atoms with van der Waals surface area (Å²) < 4.78 is 41.7. The van der Waals surface area contributed by atoms with Crippen LogP contribution < -0.4 is 4.74 Å². The molecule has 0 spiro atoms. The molecule has 0 aliphatic rings. The highest BCUT2D eigenvalue weighted by Crippen LogP contribution is 2.19. The first-order valence-corrected chi connectivity index (χ1v) is 8.53. The van der Waals surface area contributed by atoms with Gasteiger partial charge in [-0.15, -0.1) is 0 Å². The van der Waals surface area contributed by atoms with Crippen molar-refractivity contribution in [3.63, 3.8) is 0 Å². The number of benzene rings is 1. The molecule has 0 aliphatic heterocycles. The van der Waals surface area contributed by atoms with Gasteiger partial charge >= 0.3 is 0 Å². The molecule has 0 fully saturated rings. The molecule has 0 aromatic heterocycles. The van der Waals surface area contributed by atoms with Gasteiger partial charge < -0.3 is 9.84 Å². The lowest BCUT2D eigenvalue weighted by Crippen LogP contribution is -2.17. The van der Waals surface area contributed by atoms with Crippen molar-refractivity contribution >= 4 is 9.84 Å². The lowest BCUT2D eigenvalue weighted by molar-refractivity contribution is 0.305. The van der Waals surface area contributed by atoms with Crippen molar-refractivity contribution in [2.45, 2.75) is 19.8 Å². The molecule has 1 aromatic carbocycles. The van der Waals surface area contributed by atoms with E-state index in [1.54, 1.807) is 6.92 Å². The Morgan fingerprint density at radius 2 is 2.10 bits per heavy atom. The number of sulfone groups is 1. The van der Waals surface area contributed by atoms with E-state index in [1.165, 1.54) is 18.2 Å². The van der Waals surface area contributed by atoms with Crippen LogP contribution in [0.1, 0.15) is 25.3 Å². The summed E-state index contributed by atoms with van der Waals surface area (Å²) in [6.07, 6.45) is 0.863. The molecule has 4 nitrogen and oxygen atoms in total. The van der Waals surface area contributed by atoms with Crippen LogP contribution in [0.15, 0.2) is 18.2 Å². The van der Waals surface area contributed by atoms with Gasteiger partial charge in [-0.3, -0.25) is 0 Å². The zero-order valence-electron chi connectivity index (χ0n) is 11.9. The Morgan fingerprint density at radius 3 is 2.76 bits per heavy atom. The van der Waals surface area contributed by atoms with Gasteiger partial charge in [-0.25, -0.2) is 12.8 Å². The predicted octanol–water partition coefficient (Wildman–Crippen LogP) is 1.76. The summed E-state index contributed by atoms with van der Waals surface area (Å²) in [5.74, 6) is 5.22. The maximum atomic E-state index is 13.2. The molecule has 0 radical (unpaired) electrons. The van der Waals surface area contributed by atoms with Gasteiger partial charge in [0, 0.05) is 12.5 Å². The molecule has 0 amide bonds. The molecule has 0 bridgehead atoms. The second-order valence-corrected chi connectivity index (χ2v) is 6.72. The van der Waals surface area contributed by atoms with E-state index in [0.29, 0.717) is 18.4 Å². The normalized spacial score (nSPS) is 10.8. The van der Waals surface area contributed by atoms with Crippen molar-refractivity contribution in [1.82, 2.24) is 0 Å².